The van der Waals surface area contributed by atoms with Crippen molar-refractivity contribution in [2.24, 2.45) is 0 Å². The van der Waals surface area contributed by atoms with Gasteiger partial charge in [0.15, 0.2) is 17.6 Å². The molecule has 0 radical (unpaired) electrons. The van der Waals surface area contributed by atoms with E-state index in [0.29, 0.717) is 24.7 Å². The van der Waals surface area contributed by atoms with Gasteiger partial charge < -0.3 is 13.9 Å². The molecule has 5 heteroatoms. The van der Waals surface area contributed by atoms with Crippen molar-refractivity contribution in [2.75, 3.05) is 6.61 Å². The van der Waals surface area contributed by atoms with E-state index in [1.807, 2.05) is 31.2 Å². The second kappa shape index (κ2) is 4.50. The predicted octanol–water partition coefficient (Wildman–Crippen LogP) is 1.90. The first kappa shape index (κ1) is 11.9. The maximum Gasteiger partial charge on any atom is 0.419 e. The molecule has 19 heavy (non-hydrogen) atoms. The van der Waals surface area contributed by atoms with Gasteiger partial charge >= 0.3 is 5.76 Å². The Hall–Kier alpha value is -2.17. The Morgan fingerprint density at radius 3 is 2.68 bits per heavy atom. The van der Waals surface area contributed by atoms with Crippen LogP contribution in [0.4, 0.5) is 0 Å². The summed E-state index contributed by atoms with van der Waals surface area (Å²) in [5, 5.41) is 0. The van der Waals surface area contributed by atoms with Crippen LogP contribution in [0.1, 0.15) is 11.5 Å². The van der Waals surface area contributed by atoms with Crippen molar-refractivity contribution in [3.8, 4) is 11.5 Å². The highest BCUT2D eigenvalue weighted by molar-refractivity contribution is 5.40. The maximum atomic E-state index is 11.7. The van der Waals surface area contributed by atoms with Crippen LogP contribution in [0.2, 0.25) is 0 Å². The van der Waals surface area contributed by atoms with E-state index in [1.165, 1.54) is 0 Å². The number of oxazole rings is 1. The Balaban J connectivity index is 1.81. The van der Waals surface area contributed by atoms with Crippen molar-refractivity contribution in [3.63, 3.8) is 0 Å². The zero-order valence-corrected chi connectivity index (χ0v) is 10.9. The zero-order valence-electron chi connectivity index (χ0n) is 10.9. The molecule has 100 valence electrons. The Kier molecular flexibility index (Phi) is 2.81. The third-order valence-corrected chi connectivity index (χ3v) is 3.33. The highest BCUT2D eigenvalue weighted by Gasteiger charge is 2.23. The molecular weight excluding hydrogens is 246 g/mol. The number of para-hydroxylation sites is 2. The molecule has 0 N–H and O–H groups in total. The number of nitrogens with zero attached hydrogens (tertiary/aromatic N) is 1. The van der Waals surface area contributed by atoms with Crippen LogP contribution in [0, 0.1) is 13.8 Å². The normalized spacial score (nSPS) is 17.5. The number of hydrogen-bond acceptors (Lipinski definition) is 4. The van der Waals surface area contributed by atoms with Crippen molar-refractivity contribution in [1.82, 2.24) is 4.57 Å². The van der Waals surface area contributed by atoms with Gasteiger partial charge in [-0.25, -0.2) is 4.79 Å². The van der Waals surface area contributed by atoms with Crippen molar-refractivity contribution < 1.29 is 13.9 Å². The quantitative estimate of drug-likeness (QED) is 0.828. The Morgan fingerprint density at radius 2 is 2.00 bits per heavy atom. The molecule has 0 amide bonds. The number of aromatic nitrogens is 1. The fourth-order valence-corrected chi connectivity index (χ4v) is 2.16. The van der Waals surface area contributed by atoms with Crippen LogP contribution < -0.4 is 15.2 Å². The zero-order chi connectivity index (χ0) is 13.4. The summed E-state index contributed by atoms with van der Waals surface area (Å²) in [4.78, 5) is 11.7. The van der Waals surface area contributed by atoms with Gasteiger partial charge in [0.1, 0.15) is 12.4 Å². The summed E-state index contributed by atoms with van der Waals surface area (Å²) < 4.78 is 18.1. The SMILES string of the molecule is Cc1oc(=O)n(C[C@@H]2COc3ccccc3O2)c1C. The van der Waals surface area contributed by atoms with Gasteiger partial charge in [-0.3, -0.25) is 4.57 Å². The number of fused-ring (bicyclic) bond motifs is 1. The molecule has 2 aromatic rings. The predicted molar refractivity (Wildman–Crippen MR) is 68.8 cm³/mol. The number of benzene rings is 1. The molecule has 2 heterocycles. The summed E-state index contributed by atoms with van der Waals surface area (Å²) in [6.45, 7) is 4.49. The average Bonchev–Trinajstić information content (AvgIpc) is 2.65. The molecule has 0 fully saturated rings. The summed E-state index contributed by atoms with van der Waals surface area (Å²) in [6.07, 6.45) is -0.191. The van der Waals surface area contributed by atoms with Gasteiger partial charge in [-0.15, -0.1) is 0 Å². The monoisotopic (exact) mass is 261 g/mol. The van der Waals surface area contributed by atoms with Crippen LogP contribution in [-0.2, 0) is 6.54 Å². The largest absolute Gasteiger partial charge is 0.486 e. The van der Waals surface area contributed by atoms with E-state index in [1.54, 1.807) is 11.5 Å². The Labute approximate surface area is 110 Å². The van der Waals surface area contributed by atoms with Crippen molar-refractivity contribution in [3.05, 3.63) is 46.3 Å². The lowest BCUT2D eigenvalue weighted by Crippen LogP contribution is -2.35. The van der Waals surface area contributed by atoms with E-state index in [0.717, 1.165) is 11.4 Å². The molecule has 0 spiro atoms. The van der Waals surface area contributed by atoms with Crippen LogP contribution in [-0.4, -0.2) is 17.3 Å². The Morgan fingerprint density at radius 1 is 1.26 bits per heavy atom. The fourth-order valence-electron chi connectivity index (χ4n) is 2.16. The number of rotatable bonds is 2. The molecule has 1 aromatic heterocycles. The third kappa shape index (κ3) is 2.12. The lowest BCUT2D eigenvalue weighted by molar-refractivity contribution is 0.0767. The summed E-state index contributed by atoms with van der Waals surface area (Å²) in [5.41, 5.74) is 0.826. The van der Waals surface area contributed by atoms with E-state index < -0.39 is 0 Å². The molecular formula is C14H15NO4. The van der Waals surface area contributed by atoms with E-state index in [4.69, 9.17) is 13.9 Å². The first-order chi connectivity index (χ1) is 9.15. The van der Waals surface area contributed by atoms with E-state index in [2.05, 4.69) is 0 Å². The first-order valence-electron chi connectivity index (χ1n) is 6.20. The molecule has 1 aliphatic rings. The van der Waals surface area contributed by atoms with Crippen LogP contribution in [0.15, 0.2) is 33.5 Å². The average molecular weight is 261 g/mol. The second-order valence-electron chi connectivity index (χ2n) is 4.62. The van der Waals surface area contributed by atoms with Crippen LogP contribution in [0.3, 0.4) is 0 Å². The minimum absolute atomic E-state index is 0.191. The topological polar surface area (TPSA) is 53.6 Å². The van der Waals surface area contributed by atoms with Crippen LogP contribution in [0.5, 0.6) is 11.5 Å². The molecule has 0 unspecified atom stereocenters. The minimum Gasteiger partial charge on any atom is -0.486 e. The summed E-state index contributed by atoms with van der Waals surface area (Å²) in [5.74, 6) is 1.75. The first-order valence-corrected chi connectivity index (χ1v) is 6.20. The number of hydrogen-bond donors (Lipinski definition) is 0. The molecule has 0 aliphatic carbocycles. The van der Waals surface area contributed by atoms with Crippen molar-refractivity contribution in [2.45, 2.75) is 26.5 Å². The smallest absolute Gasteiger partial charge is 0.419 e. The summed E-state index contributed by atoms with van der Waals surface area (Å²) in [7, 11) is 0. The van der Waals surface area contributed by atoms with Gasteiger partial charge in [0.05, 0.1) is 12.2 Å². The Bertz CT molecular complexity index is 656. The third-order valence-electron chi connectivity index (χ3n) is 3.33. The van der Waals surface area contributed by atoms with E-state index in [-0.39, 0.29) is 11.9 Å². The van der Waals surface area contributed by atoms with Crippen LogP contribution >= 0.6 is 0 Å². The van der Waals surface area contributed by atoms with Gasteiger partial charge in [-0.2, -0.15) is 0 Å². The second-order valence-corrected chi connectivity index (χ2v) is 4.62. The van der Waals surface area contributed by atoms with E-state index >= 15 is 0 Å². The molecule has 0 saturated heterocycles. The summed E-state index contributed by atoms with van der Waals surface area (Å²) in [6, 6.07) is 7.52. The molecule has 0 saturated carbocycles. The maximum absolute atomic E-state index is 11.7. The highest BCUT2D eigenvalue weighted by Crippen LogP contribution is 2.31. The number of aryl methyl sites for hydroxylation is 1. The minimum atomic E-state index is -0.350. The highest BCUT2D eigenvalue weighted by atomic mass is 16.6. The van der Waals surface area contributed by atoms with E-state index in [9.17, 15) is 4.79 Å². The van der Waals surface area contributed by atoms with Gasteiger partial charge in [0.25, 0.3) is 0 Å². The number of ether oxygens (including phenoxy) is 2. The van der Waals surface area contributed by atoms with Crippen molar-refractivity contribution >= 4 is 0 Å². The fraction of sp³-hybridized carbons (Fsp3) is 0.357. The molecule has 1 aromatic carbocycles. The lowest BCUT2D eigenvalue weighted by atomic mass is 10.2. The molecule has 1 atom stereocenters. The standard InChI is InChI=1S/C14H15NO4/c1-9-10(2)18-14(16)15(9)7-11-8-17-12-5-3-4-6-13(12)19-11/h3-6,11H,7-8H2,1-2H3/t11-/m1/s1. The molecule has 1 aliphatic heterocycles. The van der Waals surface area contributed by atoms with Gasteiger partial charge in [0.2, 0.25) is 0 Å². The lowest BCUT2D eigenvalue weighted by Gasteiger charge is -2.26. The molecule has 3 rings (SSSR count). The van der Waals surface area contributed by atoms with Gasteiger partial charge in [0, 0.05) is 0 Å². The van der Waals surface area contributed by atoms with Crippen LogP contribution in [0.25, 0.3) is 0 Å². The molecule has 5 nitrogen and oxygen atoms in total. The summed E-state index contributed by atoms with van der Waals surface area (Å²) >= 11 is 0. The van der Waals surface area contributed by atoms with Gasteiger partial charge in [-0.05, 0) is 26.0 Å². The molecule has 0 bridgehead atoms. The van der Waals surface area contributed by atoms with Gasteiger partial charge in [-0.1, -0.05) is 12.1 Å². The van der Waals surface area contributed by atoms with Crippen molar-refractivity contribution in [1.29, 1.82) is 0 Å².